The zero-order chi connectivity index (χ0) is 12.4. The molecule has 1 aliphatic rings. The van der Waals surface area contributed by atoms with Gasteiger partial charge in [-0.3, -0.25) is 5.10 Å². The minimum absolute atomic E-state index is 0.104. The van der Waals surface area contributed by atoms with Crippen LogP contribution in [0.2, 0.25) is 0 Å². The highest BCUT2D eigenvalue weighted by Crippen LogP contribution is 2.48. The van der Waals surface area contributed by atoms with E-state index in [0.29, 0.717) is 13.2 Å². The highest BCUT2D eigenvalue weighted by molar-refractivity contribution is 7.89. The van der Waals surface area contributed by atoms with Crippen molar-refractivity contribution in [1.29, 1.82) is 0 Å². The molecular formula is C10H17N3O3S. The van der Waals surface area contributed by atoms with E-state index in [2.05, 4.69) is 14.9 Å². The predicted molar refractivity (Wildman–Crippen MR) is 61.9 cm³/mol. The maximum absolute atomic E-state index is 11.8. The normalized spacial score (nSPS) is 18.2. The Morgan fingerprint density at radius 1 is 1.59 bits per heavy atom. The number of hydrogen-bond donors (Lipinski definition) is 2. The first-order chi connectivity index (χ1) is 8.08. The van der Waals surface area contributed by atoms with E-state index in [1.807, 2.05) is 0 Å². The van der Waals surface area contributed by atoms with Crippen molar-refractivity contribution in [3.8, 4) is 0 Å². The summed E-state index contributed by atoms with van der Waals surface area (Å²) in [5.74, 6) is 0. The maximum Gasteiger partial charge on any atom is 0.243 e. The van der Waals surface area contributed by atoms with E-state index in [1.54, 1.807) is 7.11 Å². The number of nitrogens with zero attached hydrogens (tertiary/aromatic N) is 1. The van der Waals surface area contributed by atoms with Crippen molar-refractivity contribution in [1.82, 2.24) is 14.9 Å². The first-order valence-electron chi connectivity index (χ1n) is 5.55. The molecule has 0 bridgehead atoms. The van der Waals surface area contributed by atoms with Crippen LogP contribution in [-0.4, -0.2) is 38.9 Å². The molecule has 1 aliphatic carbocycles. The summed E-state index contributed by atoms with van der Waals surface area (Å²) in [5, 5.41) is 6.13. The molecule has 1 aromatic rings. The van der Waals surface area contributed by atoms with Gasteiger partial charge in [0.1, 0.15) is 4.90 Å². The summed E-state index contributed by atoms with van der Waals surface area (Å²) >= 11 is 0. The molecule has 1 heterocycles. The number of rotatable bonds is 7. The number of aromatic amines is 1. The Balaban J connectivity index is 1.90. The van der Waals surface area contributed by atoms with Crippen LogP contribution in [0.25, 0.3) is 0 Å². The predicted octanol–water partition coefficient (Wildman–Crippen LogP) is 0.505. The number of aromatic nitrogens is 2. The van der Waals surface area contributed by atoms with E-state index in [4.69, 9.17) is 4.74 Å². The molecule has 0 radical (unpaired) electrons. The summed E-state index contributed by atoms with van der Waals surface area (Å²) in [5.41, 5.74) is 0.104. The summed E-state index contributed by atoms with van der Waals surface area (Å²) in [6.45, 7) is 1.15. The molecule has 1 saturated carbocycles. The van der Waals surface area contributed by atoms with E-state index in [1.165, 1.54) is 12.4 Å². The first kappa shape index (κ1) is 12.5. The van der Waals surface area contributed by atoms with Crippen LogP contribution in [0.4, 0.5) is 0 Å². The van der Waals surface area contributed by atoms with Crippen LogP contribution in [0.5, 0.6) is 0 Å². The molecule has 0 saturated heterocycles. The van der Waals surface area contributed by atoms with E-state index < -0.39 is 10.0 Å². The molecular weight excluding hydrogens is 242 g/mol. The maximum atomic E-state index is 11.8. The van der Waals surface area contributed by atoms with Crippen molar-refractivity contribution in [3.05, 3.63) is 12.4 Å². The van der Waals surface area contributed by atoms with Gasteiger partial charge in [0.05, 0.1) is 6.20 Å². The van der Waals surface area contributed by atoms with E-state index in [-0.39, 0.29) is 10.3 Å². The Kier molecular flexibility index (Phi) is 3.50. The molecule has 6 nitrogen and oxygen atoms in total. The standard InChI is InChI=1S/C10H17N3O3S/c1-16-5-4-10(2-3-10)8-13-17(14,15)9-6-11-12-7-9/h6-7,13H,2-5,8H2,1H3,(H,11,12). The van der Waals surface area contributed by atoms with Gasteiger partial charge >= 0.3 is 0 Å². The number of ether oxygens (including phenoxy) is 1. The third-order valence-electron chi connectivity index (χ3n) is 3.21. The zero-order valence-electron chi connectivity index (χ0n) is 9.77. The van der Waals surface area contributed by atoms with E-state index >= 15 is 0 Å². The van der Waals surface area contributed by atoms with Gasteiger partial charge in [-0.05, 0) is 24.7 Å². The van der Waals surface area contributed by atoms with Crippen LogP contribution in [0.3, 0.4) is 0 Å². The number of sulfonamides is 1. The Morgan fingerprint density at radius 3 is 2.88 bits per heavy atom. The van der Waals surface area contributed by atoms with Gasteiger partial charge < -0.3 is 4.74 Å². The molecule has 1 aromatic heterocycles. The smallest absolute Gasteiger partial charge is 0.243 e. The zero-order valence-corrected chi connectivity index (χ0v) is 10.6. The highest BCUT2D eigenvalue weighted by Gasteiger charge is 2.42. The Hall–Kier alpha value is -0.920. The molecule has 96 valence electrons. The van der Waals surface area contributed by atoms with Crippen molar-refractivity contribution in [3.63, 3.8) is 0 Å². The van der Waals surface area contributed by atoms with Crippen LogP contribution in [0.15, 0.2) is 17.3 Å². The van der Waals surface area contributed by atoms with E-state index in [0.717, 1.165) is 19.3 Å². The SMILES string of the molecule is COCCC1(CNS(=O)(=O)c2cn[nH]c2)CC1. The Labute approximate surface area is 101 Å². The third-order valence-corrected chi connectivity index (χ3v) is 4.58. The number of nitrogens with one attached hydrogen (secondary N) is 2. The lowest BCUT2D eigenvalue weighted by Crippen LogP contribution is -2.30. The molecule has 2 N–H and O–H groups in total. The van der Waals surface area contributed by atoms with Crippen LogP contribution in [0, 0.1) is 5.41 Å². The first-order valence-corrected chi connectivity index (χ1v) is 7.04. The minimum atomic E-state index is -3.42. The summed E-state index contributed by atoms with van der Waals surface area (Å²) in [7, 11) is -1.76. The van der Waals surface area contributed by atoms with Gasteiger partial charge in [-0.15, -0.1) is 0 Å². The lowest BCUT2D eigenvalue weighted by atomic mass is 10.0. The van der Waals surface area contributed by atoms with Crippen molar-refractivity contribution in [2.75, 3.05) is 20.3 Å². The summed E-state index contributed by atoms with van der Waals surface area (Å²) in [4.78, 5) is 0.181. The molecule has 0 aromatic carbocycles. The number of H-pyrrole nitrogens is 1. The summed E-state index contributed by atoms with van der Waals surface area (Å²) in [6.07, 6.45) is 5.69. The quantitative estimate of drug-likeness (QED) is 0.747. The van der Waals surface area contributed by atoms with Gasteiger partial charge in [0, 0.05) is 26.5 Å². The van der Waals surface area contributed by atoms with Crippen LogP contribution in [-0.2, 0) is 14.8 Å². The van der Waals surface area contributed by atoms with Crippen LogP contribution >= 0.6 is 0 Å². The van der Waals surface area contributed by atoms with Crippen LogP contribution in [0.1, 0.15) is 19.3 Å². The van der Waals surface area contributed by atoms with Crippen molar-refractivity contribution < 1.29 is 13.2 Å². The fourth-order valence-electron chi connectivity index (χ4n) is 1.73. The average Bonchev–Trinajstić information content (AvgIpc) is 2.85. The van der Waals surface area contributed by atoms with Crippen LogP contribution < -0.4 is 4.72 Å². The van der Waals surface area contributed by atoms with Crippen molar-refractivity contribution >= 4 is 10.0 Å². The van der Waals surface area contributed by atoms with Gasteiger partial charge in [-0.1, -0.05) is 0 Å². The molecule has 0 spiro atoms. The molecule has 17 heavy (non-hydrogen) atoms. The topological polar surface area (TPSA) is 84.1 Å². The highest BCUT2D eigenvalue weighted by atomic mass is 32.2. The third kappa shape index (κ3) is 3.05. The minimum Gasteiger partial charge on any atom is -0.385 e. The number of methoxy groups -OCH3 is 1. The molecule has 7 heteroatoms. The van der Waals surface area contributed by atoms with Gasteiger partial charge in [0.25, 0.3) is 0 Å². The second-order valence-electron chi connectivity index (χ2n) is 4.50. The largest absolute Gasteiger partial charge is 0.385 e. The average molecular weight is 259 g/mol. The lowest BCUT2D eigenvalue weighted by Gasteiger charge is -2.14. The second kappa shape index (κ2) is 4.75. The monoisotopic (exact) mass is 259 g/mol. The second-order valence-corrected chi connectivity index (χ2v) is 6.27. The Bertz CT molecular complexity index is 451. The number of hydrogen-bond acceptors (Lipinski definition) is 4. The molecule has 2 rings (SSSR count). The summed E-state index contributed by atoms with van der Waals surface area (Å²) < 4.78 is 31.3. The fraction of sp³-hybridized carbons (Fsp3) is 0.700. The molecule has 0 unspecified atom stereocenters. The molecule has 0 amide bonds. The van der Waals surface area contributed by atoms with Gasteiger partial charge in [-0.25, -0.2) is 13.1 Å². The lowest BCUT2D eigenvalue weighted by molar-refractivity contribution is 0.173. The van der Waals surface area contributed by atoms with Crippen molar-refractivity contribution in [2.45, 2.75) is 24.2 Å². The van der Waals surface area contributed by atoms with Crippen molar-refractivity contribution in [2.24, 2.45) is 5.41 Å². The van der Waals surface area contributed by atoms with Gasteiger partial charge in [0.15, 0.2) is 0 Å². The van der Waals surface area contributed by atoms with E-state index in [9.17, 15) is 8.42 Å². The molecule has 0 atom stereocenters. The van der Waals surface area contributed by atoms with Gasteiger partial charge in [-0.2, -0.15) is 5.10 Å². The van der Waals surface area contributed by atoms with Gasteiger partial charge in [0.2, 0.25) is 10.0 Å². The summed E-state index contributed by atoms with van der Waals surface area (Å²) in [6, 6.07) is 0. The fourth-order valence-corrected chi connectivity index (χ4v) is 2.79. The molecule has 0 aliphatic heterocycles. The Morgan fingerprint density at radius 2 is 2.35 bits per heavy atom. The molecule has 1 fully saturated rings.